The average molecular weight is 300 g/mol. The third-order valence-electron chi connectivity index (χ3n) is 1.39. The molecule has 2 nitrogen and oxygen atoms in total. The Morgan fingerprint density at radius 3 is 1.86 bits per heavy atom. The number of nitrogens with zero attached hydrogens (tertiary/aromatic N) is 1. The number of ether oxygens (including phenoxy) is 1. The molecule has 0 amide bonds. The van der Waals surface area contributed by atoms with E-state index >= 15 is 0 Å². The molecule has 3 heteroatoms. The Balaban J connectivity index is 0.000000364. The maximum absolute atomic E-state index is 5.02. The van der Waals surface area contributed by atoms with Crippen LogP contribution in [0, 0.1) is 0 Å². The Kier molecular flexibility index (Phi) is 7.99. The summed E-state index contributed by atoms with van der Waals surface area (Å²) in [7, 11) is 7.69. The Bertz CT molecular complexity index is 208. The molecule has 1 aromatic rings. The fourth-order valence-electron chi connectivity index (χ4n) is 0.762. The molecule has 0 fully saturated rings. The molecular weight excluding hydrogens is 281 g/mol. The molecule has 0 aliphatic heterocycles. The molecule has 0 bridgehead atoms. The van der Waals surface area contributed by atoms with Crippen LogP contribution in [0.5, 0.6) is 5.75 Å². The van der Waals surface area contributed by atoms with Gasteiger partial charge in [-0.15, -0.1) is 0 Å². The van der Waals surface area contributed by atoms with Gasteiger partial charge in [-0.1, -0.05) is 0 Å². The van der Waals surface area contributed by atoms with Crippen LogP contribution in [0.25, 0.3) is 0 Å². The van der Waals surface area contributed by atoms with E-state index in [4.69, 9.17) is 4.74 Å². The quantitative estimate of drug-likeness (QED) is 0.763. The van der Waals surface area contributed by atoms with E-state index in [1.165, 1.54) is 32.5 Å². The van der Waals surface area contributed by atoms with Gasteiger partial charge in [0.05, 0.1) is 0 Å². The molecule has 14 heavy (non-hydrogen) atoms. The summed E-state index contributed by atoms with van der Waals surface area (Å²) in [5, 5.41) is 0. The molecule has 0 atom stereocenters. The second-order valence-electron chi connectivity index (χ2n) is 3.39. The van der Waals surface area contributed by atoms with E-state index in [0.29, 0.717) is 0 Å². The predicted molar refractivity (Wildman–Crippen MR) is 63.5 cm³/mol. The molecule has 0 N–H and O–H groups in total. The van der Waals surface area contributed by atoms with Gasteiger partial charge in [0.1, 0.15) is 0 Å². The minimum atomic E-state index is 0.942. The molecule has 1 aromatic carbocycles. The Morgan fingerprint density at radius 2 is 1.57 bits per heavy atom. The summed E-state index contributed by atoms with van der Waals surface area (Å²) in [6.45, 7) is 0. The molecular formula is C11H19NOSn. The maximum atomic E-state index is 5.02. The van der Waals surface area contributed by atoms with Crippen molar-refractivity contribution in [2.75, 3.05) is 28.3 Å². The third kappa shape index (κ3) is 7.21. The van der Waals surface area contributed by atoms with Crippen molar-refractivity contribution in [1.29, 1.82) is 0 Å². The molecule has 0 saturated heterocycles. The Morgan fingerprint density at radius 1 is 1.14 bits per heavy atom. The summed E-state index contributed by atoms with van der Waals surface area (Å²) >= 11 is 1.29. The van der Waals surface area contributed by atoms with Gasteiger partial charge in [-0.2, -0.15) is 0 Å². The fourth-order valence-corrected chi connectivity index (χ4v) is 1.54. The van der Waals surface area contributed by atoms with Crippen LogP contribution < -0.4 is 4.74 Å². The molecule has 0 spiro atoms. The molecule has 78 valence electrons. The second kappa shape index (κ2) is 8.12. The van der Waals surface area contributed by atoms with Gasteiger partial charge in [0.2, 0.25) is 0 Å². The standard InChI is InChI=1S/C8H9O.C3H9N.Sn.H/c1-7-3-5-8(9-2)6-4-7;1-4(2)3;;/h3-6H,1H2,2H3;1-3H3;;. The van der Waals surface area contributed by atoms with Gasteiger partial charge in [-0.3, -0.25) is 0 Å². The Labute approximate surface area is 100 Å². The van der Waals surface area contributed by atoms with E-state index in [9.17, 15) is 0 Å². The third-order valence-corrected chi connectivity index (χ3v) is 2.74. The van der Waals surface area contributed by atoms with Crippen LogP contribution in [0.1, 0.15) is 5.56 Å². The number of benzene rings is 1. The van der Waals surface area contributed by atoms with Crippen LogP contribution in [0.15, 0.2) is 24.3 Å². The van der Waals surface area contributed by atoms with E-state index < -0.39 is 0 Å². The van der Waals surface area contributed by atoms with Crippen molar-refractivity contribution >= 4 is 22.5 Å². The molecule has 0 heterocycles. The van der Waals surface area contributed by atoms with Crippen molar-refractivity contribution in [3.8, 4) is 5.75 Å². The van der Waals surface area contributed by atoms with Gasteiger partial charge < -0.3 is 4.90 Å². The number of methoxy groups -OCH3 is 1. The summed E-state index contributed by atoms with van der Waals surface area (Å²) in [6.07, 6.45) is 0. The predicted octanol–water partition coefficient (Wildman–Crippen LogP) is 1.27. The summed E-state index contributed by atoms with van der Waals surface area (Å²) in [6, 6.07) is 8.24. The van der Waals surface area contributed by atoms with Crippen LogP contribution in [0.4, 0.5) is 0 Å². The van der Waals surface area contributed by atoms with E-state index in [2.05, 4.69) is 12.1 Å². The van der Waals surface area contributed by atoms with Crippen LogP contribution in [0.2, 0.25) is 0 Å². The molecule has 0 aliphatic carbocycles. The van der Waals surface area contributed by atoms with Gasteiger partial charge in [0, 0.05) is 0 Å². The molecule has 1 rings (SSSR count). The normalized spacial score (nSPS) is 9.29. The number of rotatable bonds is 2. The van der Waals surface area contributed by atoms with E-state index in [-0.39, 0.29) is 0 Å². The minimum absolute atomic E-state index is 0.942. The van der Waals surface area contributed by atoms with E-state index in [0.717, 1.165) is 5.75 Å². The van der Waals surface area contributed by atoms with Crippen LogP contribution in [-0.4, -0.2) is 55.7 Å². The molecule has 0 aliphatic rings. The summed E-state index contributed by atoms with van der Waals surface area (Å²) in [5.74, 6) is 0.942. The molecule has 2 radical (unpaired) electrons. The summed E-state index contributed by atoms with van der Waals surface area (Å²) in [5.41, 5.74) is 1.41. The van der Waals surface area contributed by atoms with Crippen molar-refractivity contribution < 1.29 is 4.74 Å². The molecule has 0 unspecified atom stereocenters. The molecule has 0 aromatic heterocycles. The van der Waals surface area contributed by atoms with Gasteiger partial charge in [0.25, 0.3) is 0 Å². The van der Waals surface area contributed by atoms with Crippen LogP contribution >= 0.6 is 0 Å². The summed E-state index contributed by atoms with van der Waals surface area (Å²) in [4.78, 5) is 2.00. The first-order chi connectivity index (χ1) is 6.60. The van der Waals surface area contributed by atoms with Crippen molar-refractivity contribution in [2.45, 2.75) is 4.44 Å². The first-order valence-electron chi connectivity index (χ1n) is 4.54. The van der Waals surface area contributed by atoms with Gasteiger partial charge in [-0.25, -0.2) is 0 Å². The van der Waals surface area contributed by atoms with E-state index in [1.807, 2.05) is 38.2 Å². The summed E-state index contributed by atoms with van der Waals surface area (Å²) < 4.78 is 6.24. The first kappa shape index (κ1) is 13.8. The van der Waals surface area contributed by atoms with Gasteiger partial charge in [0.15, 0.2) is 0 Å². The zero-order valence-corrected chi connectivity index (χ0v) is 12.7. The first-order valence-corrected chi connectivity index (χ1v) is 6.87. The van der Waals surface area contributed by atoms with Crippen molar-refractivity contribution in [3.05, 3.63) is 29.8 Å². The topological polar surface area (TPSA) is 12.5 Å². The Hall–Kier alpha value is -0.221. The van der Waals surface area contributed by atoms with Crippen LogP contribution in [0.3, 0.4) is 0 Å². The average Bonchev–Trinajstić information content (AvgIpc) is 2.17. The van der Waals surface area contributed by atoms with Crippen molar-refractivity contribution in [1.82, 2.24) is 4.90 Å². The van der Waals surface area contributed by atoms with Crippen LogP contribution in [-0.2, 0) is 4.44 Å². The monoisotopic (exact) mass is 301 g/mol. The second-order valence-corrected chi connectivity index (χ2v) is 4.56. The SMILES string of the molecule is CN(C)C.COc1ccc([CH2][SnH])cc1. The fraction of sp³-hybridized carbons (Fsp3) is 0.455. The number of hydrogen-bond acceptors (Lipinski definition) is 2. The van der Waals surface area contributed by atoms with E-state index in [1.54, 1.807) is 7.11 Å². The molecule has 0 saturated carbocycles. The number of hydrogen-bond donors (Lipinski definition) is 0. The van der Waals surface area contributed by atoms with Crippen molar-refractivity contribution in [3.63, 3.8) is 0 Å². The zero-order chi connectivity index (χ0) is 11.0. The van der Waals surface area contributed by atoms with Gasteiger partial charge >= 0.3 is 74.4 Å². The van der Waals surface area contributed by atoms with Gasteiger partial charge in [-0.05, 0) is 21.1 Å². The zero-order valence-electron chi connectivity index (χ0n) is 9.45. The van der Waals surface area contributed by atoms with Crippen molar-refractivity contribution in [2.24, 2.45) is 0 Å².